The minimum Gasteiger partial charge on any atom is -0.463 e. The van der Waals surface area contributed by atoms with Gasteiger partial charge in [-0.1, -0.05) is 84.0 Å². The summed E-state index contributed by atoms with van der Waals surface area (Å²) in [6.45, 7) is 16.9. The van der Waals surface area contributed by atoms with Gasteiger partial charge in [0.1, 0.15) is 6.61 Å². The first-order valence-electron chi connectivity index (χ1n) is 21.9. The molecule has 0 atom stereocenters. The van der Waals surface area contributed by atoms with Crippen molar-refractivity contribution in [1.29, 1.82) is 0 Å². The standard InChI is InChI=1S/C42H84O14/c1-3-5-6-7-8-9-10-11-12-13-14-15-16-17-42(43)56-41-40-55-39-38-54-37-36-53-35-34-52-33-32-51-31-30-50-29-28-49-27-26-48-25-24-47-23-22-46-21-20-45-19-18-44-4-2/h3-41H2,1-2H3. The maximum atomic E-state index is 11.9. The number of rotatable bonds is 51. The van der Waals surface area contributed by atoms with Crippen LogP contribution in [0.4, 0.5) is 0 Å². The first kappa shape index (κ1) is 55.0. The highest BCUT2D eigenvalue weighted by atomic mass is 16.6. The zero-order valence-electron chi connectivity index (χ0n) is 35.8. The van der Waals surface area contributed by atoms with Gasteiger partial charge in [-0.2, -0.15) is 0 Å². The Labute approximate surface area is 340 Å². The third-order valence-electron chi connectivity index (χ3n) is 8.27. The molecule has 0 aliphatic heterocycles. The van der Waals surface area contributed by atoms with E-state index in [-0.39, 0.29) is 12.6 Å². The molecule has 0 spiro atoms. The molecule has 0 N–H and O–H groups in total. The Morgan fingerprint density at radius 1 is 0.268 bits per heavy atom. The van der Waals surface area contributed by atoms with Gasteiger partial charge in [0.15, 0.2) is 0 Å². The summed E-state index contributed by atoms with van der Waals surface area (Å²) in [5, 5.41) is 0. The molecule has 0 aromatic rings. The average molecular weight is 813 g/mol. The number of esters is 1. The first-order valence-corrected chi connectivity index (χ1v) is 21.9. The van der Waals surface area contributed by atoms with E-state index in [1.807, 2.05) is 6.92 Å². The van der Waals surface area contributed by atoms with Gasteiger partial charge in [-0.05, 0) is 13.3 Å². The molecule has 0 radical (unpaired) electrons. The van der Waals surface area contributed by atoms with Gasteiger partial charge in [-0.3, -0.25) is 4.79 Å². The van der Waals surface area contributed by atoms with Crippen molar-refractivity contribution in [2.75, 3.05) is 165 Å². The number of carbonyl (C=O) groups is 1. The van der Waals surface area contributed by atoms with Gasteiger partial charge in [0.2, 0.25) is 0 Å². The van der Waals surface area contributed by atoms with E-state index in [1.165, 1.54) is 70.6 Å². The summed E-state index contributed by atoms with van der Waals surface area (Å²) in [6.07, 6.45) is 17.3. The summed E-state index contributed by atoms with van der Waals surface area (Å²) in [4.78, 5) is 11.9. The van der Waals surface area contributed by atoms with Crippen LogP contribution in [0.1, 0.15) is 104 Å². The third-order valence-corrected chi connectivity index (χ3v) is 8.27. The van der Waals surface area contributed by atoms with Crippen LogP contribution in [0.25, 0.3) is 0 Å². The molecule has 0 aromatic carbocycles. The van der Waals surface area contributed by atoms with Crippen molar-refractivity contribution in [2.24, 2.45) is 0 Å². The molecular formula is C42H84O14. The van der Waals surface area contributed by atoms with E-state index in [0.717, 1.165) is 12.8 Å². The molecule has 14 heteroatoms. The number of hydrogen-bond acceptors (Lipinski definition) is 14. The Balaban J connectivity index is 3.12. The molecule has 0 fully saturated rings. The van der Waals surface area contributed by atoms with Gasteiger partial charge in [-0.15, -0.1) is 0 Å². The molecule has 0 saturated carbocycles. The number of carbonyl (C=O) groups excluding carboxylic acids is 1. The van der Waals surface area contributed by atoms with Gasteiger partial charge in [-0.25, -0.2) is 0 Å². The van der Waals surface area contributed by atoms with Gasteiger partial charge >= 0.3 is 5.97 Å². The second kappa shape index (κ2) is 52.0. The fourth-order valence-corrected chi connectivity index (χ4v) is 5.14. The molecule has 0 amide bonds. The number of hydrogen-bond donors (Lipinski definition) is 0. The topological polar surface area (TPSA) is 137 Å². The van der Waals surface area contributed by atoms with Crippen LogP contribution >= 0.6 is 0 Å². The maximum Gasteiger partial charge on any atom is 0.305 e. The van der Waals surface area contributed by atoms with E-state index in [1.54, 1.807) is 0 Å². The fraction of sp³-hybridized carbons (Fsp3) is 0.976. The average Bonchev–Trinajstić information content (AvgIpc) is 3.20. The summed E-state index contributed by atoms with van der Waals surface area (Å²) >= 11 is 0. The predicted octanol–water partition coefficient (Wildman–Crippen LogP) is 6.23. The van der Waals surface area contributed by atoms with Crippen molar-refractivity contribution in [2.45, 2.75) is 104 Å². The lowest BCUT2D eigenvalue weighted by Gasteiger charge is -2.09. The minimum absolute atomic E-state index is 0.132. The Morgan fingerprint density at radius 2 is 0.482 bits per heavy atom. The largest absolute Gasteiger partial charge is 0.463 e. The van der Waals surface area contributed by atoms with E-state index in [4.69, 9.17) is 61.6 Å². The molecule has 0 aromatic heterocycles. The molecule has 0 rings (SSSR count). The normalized spacial score (nSPS) is 11.5. The third kappa shape index (κ3) is 51.0. The second-order valence-corrected chi connectivity index (χ2v) is 13.1. The van der Waals surface area contributed by atoms with Crippen LogP contribution in [-0.2, 0) is 66.4 Å². The summed E-state index contributed by atoms with van der Waals surface area (Å²) < 4.78 is 70.7. The lowest BCUT2D eigenvalue weighted by molar-refractivity contribution is -0.145. The summed E-state index contributed by atoms with van der Waals surface area (Å²) in [5.41, 5.74) is 0. The van der Waals surface area contributed by atoms with Crippen LogP contribution < -0.4 is 0 Å². The van der Waals surface area contributed by atoms with E-state index in [2.05, 4.69) is 6.92 Å². The zero-order valence-corrected chi connectivity index (χ0v) is 35.8. The molecule has 0 saturated heterocycles. The van der Waals surface area contributed by atoms with Crippen molar-refractivity contribution >= 4 is 5.97 Å². The maximum absolute atomic E-state index is 11.9. The van der Waals surface area contributed by atoms with E-state index >= 15 is 0 Å². The Hall–Kier alpha value is -1.01. The smallest absolute Gasteiger partial charge is 0.305 e. The van der Waals surface area contributed by atoms with Crippen molar-refractivity contribution in [3.8, 4) is 0 Å². The lowest BCUT2D eigenvalue weighted by Crippen LogP contribution is -2.15. The number of ether oxygens (including phenoxy) is 13. The van der Waals surface area contributed by atoms with Crippen LogP contribution in [0.2, 0.25) is 0 Å². The highest BCUT2D eigenvalue weighted by Gasteiger charge is 2.03. The molecule has 0 aliphatic carbocycles. The quantitative estimate of drug-likeness (QED) is 0.0507. The second-order valence-electron chi connectivity index (χ2n) is 13.1. The highest BCUT2D eigenvalue weighted by Crippen LogP contribution is 2.13. The molecule has 336 valence electrons. The van der Waals surface area contributed by atoms with Crippen molar-refractivity contribution in [1.82, 2.24) is 0 Å². The van der Waals surface area contributed by atoms with Crippen LogP contribution in [0.15, 0.2) is 0 Å². The van der Waals surface area contributed by atoms with Crippen molar-refractivity contribution in [3.63, 3.8) is 0 Å². The molecule has 0 bridgehead atoms. The molecular weight excluding hydrogens is 728 g/mol. The molecule has 14 nitrogen and oxygen atoms in total. The molecule has 56 heavy (non-hydrogen) atoms. The van der Waals surface area contributed by atoms with Crippen molar-refractivity contribution in [3.05, 3.63) is 0 Å². The van der Waals surface area contributed by atoms with E-state index in [9.17, 15) is 4.79 Å². The lowest BCUT2D eigenvalue weighted by atomic mass is 10.0. The van der Waals surface area contributed by atoms with Gasteiger partial charge in [0.05, 0.1) is 152 Å². The molecule has 0 aliphatic rings. The first-order chi connectivity index (χ1) is 27.8. The van der Waals surface area contributed by atoms with Crippen LogP contribution in [0.5, 0.6) is 0 Å². The van der Waals surface area contributed by atoms with Crippen LogP contribution in [-0.4, -0.2) is 171 Å². The summed E-state index contributed by atoms with van der Waals surface area (Å²) in [6, 6.07) is 0. The van der Waals surface area contributed by atoms with Crippen molar-refractivity contribution < 1.29 is 66.4 Å². The Bertz CT molecular complexity index is 721. The van der Waals surface area contributed by atoms with Gasteiger partial charge < -0.3 is 61.6 Å². The SMILES string of the molecule is CCCCCCCCCCCCCCCC(=O)OCCOCCOCCOCCOCCOCCOCCOCCOCCOCCOCCOCCOCC. The summed E-state index contributed by atoms with van der Waals surface area (Å²) in [5.74, 6) is -0.132. The number of unbranched alkanes of at least 4 members (excludes halogenated alkanes) is 12. The van der Waals surface area contributed by atoms with E-state index < -0.39 is 0 Å². The molecule has 0 unspecified atom stereocenters. The highest BCUT2D eigenvalue weighted by molar-refractivity contribution is 5.69. The predicted molar refractivity (Wildman–Crippen MR) is 217 cm³/mol. The van der Waals surface area contributed by atoms with E-state index in [0.29, 0.717) is 165 Å². The van der Waals surface area contributed by atoms with Crippen LogP contribution in [0, 0.1) is 0 Å². The summed E-state index contributed by atoms with van der Waals surface area (Å²) in [7, 11) is 0. The Morgan fingerprint density at radius 3 is 0.732 bits per heavy atom. The molecule has 0 heterocycles. The zero-order chi connectivity index (χ0) is 40.3. The monoisotopic (exact) mass is 813 g/mol. The van der Waals surface area contributed by atoms with Gasteiger partial charge in [0.25, 0.3) is 0 Å². The Kier molecular flexibility index (Phi) is 51.1. The van der Waals surface area contributed by atoms with Crippen LogP contribution in [0.3, 0.4) is 0 Å². The van der Waals surface area contributed by atoms with Gasteiger partial charge in [0, 0.05) is 13.0 Å². The fourth-order valence-electron chi connectivity index (χ4n) is 5.14. The minimum atomic E-state index is -0.132.